The molecular formula is C23H37NO6. The highest BCUT2D eigenvalue weighted by Gasteiger charge is 2.31. The molecule has 0 saturated heterocycles. The number of aromatic hydroxyl groups is 1. The summed E-state index contributed by atoms with van der Waals surface area (Å²) in [4.78, 5) is 29.1. The Hall–Kier alpha value is -2.15. The maximum absolute atomic E-state index is 12.6. The number of carbonyl (C=O) groups excluding carboxylic acids is 2. The summed E-state index contributed by atoms with van der Waals surface area (Å²) in [5.74, 6) is -1.11. The molecular weight excluding hydrogens is 386 g/mol. The lowest BCUT2D eigenvalue weighted by atomic mass is 9.92. The summed E-state index contributed by atoms with van der Waals surface area (Å²) >= 11 is 0. The van der Waals surface area contributed by atoms with E-state index in [0.29, 0.717) is 12.5 Å². The van der Waals surface area contributed by atoms with Crippen LogP contribution in [0.2, 0.25) is 0 Å². The van der Waals surface area contributed by atoms with E-state index in [1.165, 1.54) is 19.4 Å². The highest BCUT2D eigenvalue weighted by atomic mass is 16.6. The zero-order chi connectivity index (χ0) is 22.8. The van der Waals surface area contributed by atoms with Crippen LogP contribution < -0.4 is 4.74 Å². The molecule has 0 radical (unpaired) electrons. The number of ether oxygens (including phenoxy) is 3. The fraction of sp³-hybridized carbons (Fsp3) is 0.696. The fourth-order valence-electron chi connectivity index (χ4n) is 3.34. The molecule has 0 bridgehead atoms. The number of esters is 1. The van der Waals surface area contributed by atoms with E-state index in [4.69, 9.17) is 14.2 Å². The lowest BCUT2D eigenvalue weighted by molar-refractivity contribution is -0.164. The van der Waals surface area contributed by atoms with Crippen LogP contribution in [0.15, 0.2) is 12.3 Å². The highest BCUT2D eigenvalue weighted by molar-refractivity contribution is 5.99. The molecule has 1 heterocycles. The van der Waals surface area contributed by atoms with E-state index in [1.54, 1.807) is 6.92 Å². The van der Waals surface area contributed by atoms with Crippen LogP contribution in [0.25, 0.3) is 0 Å². The largest absolute Gasteiger partial charge is 0.503 e. The van der Waals surface area contributed by atoms with E-state index in [1.807, 2.05) is 6.92 Å². The van der Waals surface area contributed by atoms with Gasteiger partial charge in [-0.1, -0.05) is 47.5 Å². The van der Waals surface area contributed by atoms with Crippen molar-refractivity contribution in [2.24, 2.45) is 17.8 Å². The lowest BCUT2D eigenvalue weighted by Crippen LogP contribution is -2.39. The van der Waals surface area contributed by atoms with Crippen molar-refractivity contribution in [2.75, 3.05) is 13.7 Å². The first-order chi connectivity index (χ1) is 14.2. The highest BCUT2D eigenvalue weighted by Crippen LogP contribution is 2.29. The number of carbonyl (C=O) groups is 2. The van der Waals surface area contributed by atoms with Crippen molar-refractivity contribution in [3.05, 3.63) is 18.0 Å². The number of rotatable bonds is 13. The van der Waals surface area contributed by atoms with Crippen LogP contribution in [0.1, 0.15) is 71.3 Å². The van der Waals surface area contributed by atoms with E-state index >= 15 is 0 Å². The zero-order valence-electron chi connectivity index (χ0n) is 19.3. The Morgan fingerprint density at radius 2 is 1.77 bits per heavy atom. The van der Waals surface area contributed by atoms with Crippen molar-refractivity contribution in [3.8, 4) is 11.5 Å². The molecule has 170 valence electrons. The van der Waals surface area contributed by atoms with E-state index < -0.39 is 23.8 Å². The minimum Gasteiger partial charge on any atom is -0.503 e. The molecule has 0 aliphatic carbocycles. The van der Waals surface area contributed by atoms with Crippen LogP contribution >= 0.6 is 0 Å². The van der Waals surface area contributed by atoms with Gasteiger partial charge in [-0.2, -0.15) is 0 Å². The minimum atomic E-state index is -0.681. The van der Waals surface area contributed by atoms with Crippen molar-refractivity contribution in [1.82, 2.24) is 4.98 Å². The molecule has 1 N–H and O–H groups in total. The Morgan fingerprint density at radius 1 is 1.13 bits per heavy atom. The normalized spacial score (nSPS) is 14.4. The Bertz CT molecular complexity index is 686. The zero-order valence-corrected chi connectivity index (χ0v) is 19.3. The standard InChI is InChI=1S/C23H37NO6/c1-8-17(9-2)22(29-13-14(3)4)16(6)30-23(27)15(5)12-18(25)20-21(26)19(28-7)10-11-24-20/h10-11,14-17,22,26H,8-9,12-13H2,1-7H3/t15-,16+,22+/m1/s1. The summed E-state index contributed by atoms with van der Waals surface area (Å²) in [6, 6.07) is 1.46. The second-order valence-corrected chi connectivity index (χ2v) is 8.15. The smallest absolute Gasteiger partial charge is 0.309 e. The SMILES string of the molecule is CCC(CC)[C@@H](OCC(C)C)[C@H](C)OC(=O)[C@H](C)CC(=O)c1nccc(OC)c1O. The van der Waals surface area contributed by atoms with Crippen molar-refractivity contribution >= 4 is 11.8 Å². The molecule has 0 fully saturated rings. The summed E-state index contributed by atoms with van der Waals surface area (Å²) < 4.78 is 16.8. The average molecular weight is 424 g/mol. The Kier molecular flexibility index (Phi) is 10.8. The van der Waals surface area contributed by atoms with Crippen molar-refractivity contribution < 1.29 is 28.9 Å². The number of aromatic nitrogens is 1. The van der Waals surface area contributed by atoms with Crippen LogP contribution in [0, 0.1) is 17.8 Å². The minimum absolute atomic E-state index is 0.114. The molecule has 0 aromatic carbocycles. The van der Waals surface area contributed by atoms with Crippen LogP contribution in [0.4, 0.5) is 0 Å². The van der Waals surface area contributed by atoms with Gasteiger partial charge in [0.25, 0.3) is 0 Å². The number of hydrogen-bond donors (Lipinski definition) is 1. The maximum atomic E-state index is 12.6. The molecule has 3 atom stereocenters. The molecule has 7 heteroatoms. The maximum Gasteiger partial charge on any atom is 0.309 e. The molecule has 0 unspecified atom stereocenters. The van der Waals surface area contributed by atoms with Gasteiger partial charge in [-0.15, -0.1) is 0 Å². The van der Waals surface area contributed by atoms with Gasteiger partial charge in [0.1, 0.15) is 6.10 Å². The van der Waals surface area contributed by atoms with E-state index in [2.05, 4.69) is 32.7 Å². The van der Waals surface area contributed by atoms with Gasteiger partial charge in [-0.25, -0.2) is 4.98 Å². The van der Waals surface area contributed by atoms with Crippen LogP contribution in [0.5, 0.6) is 11.5 Å². The predicted octanol–water partition coefficient (Wildman–Crippen LogP) is 4.41. The molecule has 1 aromatic rings. The van der Waals surface area contributed by atoms with Gasteiger partial charge >= 0.3 is 5.97 Å². The Morgan fingerprint density at radius 3 is 2.30 bits per heavy atom. The number of pyridine rings is 1. The molecule has 0 amide bonds. The average Bonchev–Trinajstić information content (AvgIpc) is 2.70. The third kappa shape index (κ3) is 7.27. The van der Waals surface area contributed by atoms with E-state index in [-0.39, 0.29) is 35.6 Å². The third-order valence-corrected chi connectivity index (χ3v) is 5.17. The number of ketones is 1. The molecule has 1 aromatic heterocycles. The number of nitrogens with zero attached hydrogens (tertiary/aromatic N) is 1. The molecule has 0 saturated carbocycles. The fourth-order valence-corrected chi connectivity index (χ4v) is 3.34. The summed E-state index contributed by atoms with van der Waals surface area (Å²) in [5.41, 5.74) is -0.114. The number of methoxy groups -OCH3 is 1. The van der Waals surface area contributed by atoms with Crippen molar-refractivity contribution in [2.45, 2.75) is 73.0 Å². The predicted molar refractivity (Wildman–Crippen MR) is 115 cm³/mol. The summed E-state index contributed by atoms with van der Waals surface area (Å²) in [6.45, 7) is 12.4. The first kappa shape index (κ1) is 25.9. The van der Waals surface area contributed by atoms with Gasteiger partial charge in [0.15, 0.2) is 23.0 Å². The quantitative estimate of drug-likeness (QED) is 0.371. The molecule has 7 nitrogen and oxygen atoms in total. The Labute approximate surface area is 180 Å². The molecule has 0 aliphatic heterocycles. The van der Waals surface area contributed by atoms with Crippen LogP contribution in [-0.2, 0) is 14.3 Å². The van der Waals surface area contributed by atoms with Gasteiger partial charge in [0.05, 0.1) is 19.1 Å². The van der Waals surface area contributed by atoms with Crippen LogP contribution in [-0.4, -0.2) is 47.8 Å². The number of hydrogen-bond acceptors (Lipinski definition) is 7. The summed E-state index contributed by atoms with van der Waals surface area (Å²) in [7, 11) is 1.39. The van der Waals surface area contributed by atoms with E-state index in [0.717, 1.165) is 12.8 Å². The monoisotopic (exact) mass is 423 g/mol. The van der Waals surface area contributed by atoms with Gasteiger partial charge < -0.3 is 19.3 Å². The summed E-state index contributed by atoms with van der Waals surface area (Å²) in [5, 5.41) is 10.1. The summed E-state index contributed by atoms with van der Waals surface area (Å²) in [6.07, 6.45) is 2.48. The van der Waals surface area contributed by atoms with Gasteiger partial charge in [0.2, 0.25) is 0 Å². The van der Waals surface area contributed by atoms with E-state index in [9.17, 15) is 14.7 Å². The Balaban J connectivity index is 2.80. The second kappa shape index (κ2) is 12.5. The van der Waals surface area contributed by atoms with Crippen molar-refractivity contribution in [1.29, 1.82) is 0 Å². The topological polar surface area (TPSA) is 95.0 Å². The first-order valence-corrected chi connectivity index (χ1v) is 10.7. The van der Waals surface area contributed by atoms with Gasteiger partial charge in [-0.3, -0.25) is 9.59 Å². The molecule has 30 heavy (non-hydrogen) atoms. The number of Topliss-reactive ketones (excluding diaryl/α,β-unsaturated/α-hetero) is 1. The van der Waals surface area contributed by atoms with Crippen LogP contribution in [0.3, 0.4) is 0 Å². The second-order valence-electron chi connectivity index (χ2n) is 8.15. The van der Waals surface area contributed by atoms with Crippen molar-refractivity contribution in [3.63, 3.8) is 0 Å². The molecule has 1 rings (SSSR count). The molecule has 0 spiro atoms. The van der Waals surface area contributed by atoms with Gasteiger partial charge in [0, 0.05) is 25.3 Å². The third-order valence-electron chi connectivity index (χ3n) is 5.17. The molecule has 0 aliphatic rings. The van der Waals surface area contributed by atoms with Gasteiger partial charge in [-0.05, 0) is 18.8 Å². The lowest BCUT2D eigenvalue weighted by Gasteiger charge is -2.31. The first-order valence-electron chi connectivity index (χ1n) is 10.7.